The standard InChI is InChI=1S/C25H17Cl2FN2O6S2/c1-14(31)29-18-5-7-19(8-6-18)38(34,35)36-22-9-2-15(10-21(22)27)11-23-24(32)30(25(33)37-23)13-16-3-4-17(28)12-20(16)26/h2-12H,13H2,1H3,(H,29,31)/b23-11-. The van der Waals surface area contributed by atoms with E-state index < -0.39 is 27.1 Å². The Morgan fingerprint density at radius 3 is 2.39 bits per heavy atom. The maximum Gasteiger partial charge on any atom is 0.339 e. The van der Waals surface area contributed by atoms with E-state index in [-0.39, 0.29) is 38.0 Å². The first-order valence-corrected chi connectivity index (χ1v) is 13.7. The van der Waals surface area contributed by atoms with Gasteiger partial charge in [0.25, 0.3) is 11.1 Å². The molecule has 3 aromatic carbocycles. The number of rotatable bonds is 7. The van der Waals surface area contributed by atoms with Gasteiger partial charge < -0.3 is 9.50 Å². The minimum atomic E-state index is -4.23. The highest BCUT2D eigenvalue weighted by molar-refractivity contribution is 8.18. The second-order valence-electron chi connectivity index (χ2n) is 7.94. The molecule has 38 heavy (non-hydrogen) atoms. The van der Waals surface area contributed by atoms with Crippen LogP contribution in [0.2, 0.25) is 10.0 Å². The van der Waals surface area contributed by atoms with E-state index in [9.17, 15) is 27.2 Å². The van der Waals surface area contributed by atoms with Gasteiger partial charge in [0.2, 0.25) is 5.91 Å². The smallest absolute Gasteiger partial charge is 0.339 e. The number of thioether (sulfide) groups is 1. The van der Waals surface area contributed by atoms with Gasteiger partial charge in [0.15, 0.2) is 5.75 Å². The Labute approximate surface area is 231 Å². The van der Waals surface area contributed by atoms with Crippen LogP contribution in [-0.4, -0.2) is 30.4 Å². The molecular formula is C25H17Cl2FN2O6S2. The molecule has 13 heteroatoms. The van der Waals surface area contributed by atoms with Gasteiger partial charge in [-0.15, -0.1) is 0 Å². The molecule has 4 rings (SSSR count). The van der Waals surface area contributed by atoms with Crippen molar-refractivity contribution in [3.05, 3.63) is 92.6 Å². The summed E-state index contributed by atoms with van der Waals surface area (Å²) in [6.07, 6.45) is 1.43. The van der Waals surface area contributed by atoms with Gasteiger partial charge in [0.05, 0.1) is 16.5 Å². The summed E-state index contributed by atoms with van der Waals surface area (Å²) < 4.78 is 43.8. The molecule has 0 spiro atoms. The van der Waals surface area contributed by atoms with E-state index >= 15 is 0 Å². The van der Waals surface area contributed by atoms with Gasteiger partial charge in [-0.1, -0.05) is 35.3 Å². The molecule has 1 aliphatic heterocycles. The predicted molar refractivity (Wildman–Crippen MR) is 143 cm³/mol. The Morgan fingerprint density at radius 2 is 1.76 bits per heavy atom. The second kappa shape index (κ2) is 11.2. The van der Waals surface area contributed by atoms with E-state index in [0.29, 0.717) is 28.6 Å². The highest BCUT2D eigenvalue weighted by atomic mass is 35.5. The highest BCUT2D eigenvalue weighted by Crippen LogP contribution is 2.36. The summed E-state index contributed by atoms with van der Waals surface area (Å²) in [6.45, 7) is 1.20. The number of nitrogens with one attached hydrogen (secondary N) is 1. The lowest BCUT2D eigenvalue weighted by Gasteiger charge is -2.13. The van der Waals surface area contributed by atoms with E-state index in [0.717, 1.165) is 11.0 Å². The van der Waals surface area contributed by atoms with Crippen molar-refractivity contribution in [2.24, 2.45) is 0 Å². The van der Waals surface area contributed by atoms with E-state index in [1.54, 1.807) is 0 Å². The van der Waals surface area contributed by atoms with Gasteiger partial charge in [-0.2, -0.15) is 8.42 Å². The van der Waals surface area contributed by atoms with Crippen molar-refractivity contribution in [1.29, 1.82) is 0 Å². The first kappa shape index (κ1) is 27.6. The Hall–Kier alpha value is -3.38. The molecular weight excluding hydrogens is 578 g/mol. The van der Waals surface area contributed by atoms with Crippen LogP contribution in [0.15, 0.2) is 70.5 Å². The lowest BCUT2D eigenvalue weighted by molar-refractivity contribution is -0.123. The average molecular weight is 595 g/mol. The van der Waals surface area contributed by atoms with Crippen molar-refractivity contribution in [2.75, 3.05) is 5.32 Å². The fourth-order valence-corrected chi connectivity index (χ4v) is 5.64. The number of hydrogen-bond donors (Lipinski definition) is 1. The van der Waals surface area contributed by atoms with Gasteiger partial charge in [-0.3, -0.25) is 19.3 Å². The van der Waals surface area contributed by atoms with Crippen LogP contribution < -0.4 is 9.50 Å². The van der Waals surface area contributed by atoms with Gasteiger partial charge in [0.1, 0.15) is 10.7 Å². The Kier molecular flexibility index (Phi) is 8.12. The summed E-state index contributed by atoms with van der Waals surface area (Å²) >= 11 is 13.0. The first-order chi connectivity index (χ1) is 17.9. The SMILES string of the molecule is CC(=O)Nc1ccc(S(=O)(=O)Oc2ccc(/C=C3\SC(=O)N(Cc4ccc(F)cc4Cl)C3=O)cc2Cl)cc1. The van der Waals surface area contributed by atoms with Crippen LogP contribution in [0.1, 0.15) is 18.1 Å². The number of carbonyl (C=O) groups is 3. The lowest BCUT2D eigenvalue weighted by Crippen LogP contribution is -2.27. The molecule has 0 radical (unpaired) electrons. The molecule has 1 aliphatic rings. The summed E-state index contributed by atoms with van der Waals surface area (Å²) in [6, 6.07) is 13.2. The Balaban J connectivity index is 1.49. The second-order valence-corrected chi connectivity index (χ2v) is 11.3. The molecule has 0 unspecified atom stereocenters. The molecule has 0 aromatic heterocycles. The van der Waals surface area contributed by atoms with E-state index in [2.05, 4.69) is 5.32 Å². The molecule has 0 aliphatic carbocycles. The zero-order valence-electron chi connectivity index (χ0n) is 19.4. The molecule has 196 valence electrons. The van der Waals surface area contributed by atoms with Crippen molar-refractivity contribution in [2.45, 2.75) is 18.4 Å². The van der Waals surface area contributed by atoms with Gasteiger partial charge in [0, 0.05) is 17.6 Å². The highest BCUT2D eigenvalue weighted by Gasteiger charge is 2.35. The van der Waals surface area contributed by atoms with Crippen LogP contribution in [0, 0.1) is 5.82 Å². The summed E-state index contributed by atoms with van der Waals surface area (Å²) in [5.41, 5.74) is 1.25. The third kappa shape index (κ3) is 6.36. The minimum Gasteiger partial charge on any atom is -0.377 e. The lowest BCUT2D eigenvalue weighted by atomic mass is 10.2. The number of amides is 3. The maximum atomic E-state index is 13.3. The van der Waals surface area contributed by atoms with Crippen molar-refractivity contribution in [3.8, 4) is 5.75 Å². The molecule has 8 nitrogen and oxygen atoms in total. The number of hydrogen-bond acceptors (Lipinski definition) is 7. The average Bonchev–Trinajstić information content (AvgIpc) is 3.09. The number of halogens is 3. The minimum absolute atomic E-state index is 0.0467. The monoisotopic (exact) mass is 594 g/mol. The Morgan fingerprint density at radius 1 is 1.05 bits per heavy atom. The first-order valence-electron chi connectivity index (χ1n) is 10.7. The molecule has 1 N–H and O–H groups in total. The van der Waals surface area contributed by atoms with Crippen molar-refractivity contribution >= 4 is 73.9 Å². The number of carbonyl (C=O) groups excluding carboxylic acids is 3. The van der Waals surface area contributed by atoms with Crippen LogP contribution >= 0.6 is 35.0 Å². The van der Waals surface area contributed by atoms with Gasteiger partial charge in [-0.05, 0) is 77.5 Å². The molecule has 0 atom stereocenters. The van der Waals surface area contributed by atoms with Crippen molar-refractivity contribution in [3.63, 3.8) is 0 Å². The van der Waals surface area contributed by atoms with Crippen LogP contribution in [0.4, 0.5) is 14.9 Å². The van der Waals surface area contributed by atoms with E-state index in [1.165, 1.54) is 67.6 Å². The maximum absolute atomic E-state index is 13.3. The van der Waals surface area contributed by atoms with Crippen LogP contribution in [0.25, 0.3) is 6.08 Å². The molecule has 1 heterocycles. The third-order valence-corrected chi connectivity index (χ3v) is 7.94. The van der Waals surface area contributed by atoms with Gasteiger partial charge >= 0.3 is 10.1 Å². The van der Waals surface area contributed by atoms with Crippen LogP contribution in [0.5, 0.6) is 5.75 Å². The molecule has 0 bridgehead atoms. The van der Waals surface area contributed by atoms with Crippen LogP contribution in [-0.2, 0) is 26.3 Å². The van der Waals surface area contributed by atoms with E-state index in [4.69, 9.17) is 27.4 Å². The van der Waals surface area contributed by atoms with E-state index in [1.807, 2.05) is 0 Å². The fourth-order valence-electron chi connectivity index (χ4n) is 3.36. The number of nitrogens with zero attached hydrogens (tertiary/aromatic N) is 1. The molecule has 1 saturated heterocycles. The summed E-state index contributed by atoms with van der Waals surface area (Å²) in [7, 11) is -4.23. The topological polar surface area (TPSA) is 110 Å². The zero-order valence-corrected chi connectivity index (χ0v) is 22.5. The zero-order chi connectivity index (χ0) is 27.6. The largest absolute Gasteiger partial charge is 0.377 e. The quantitative estimate of drug-likeness (QED) is 0.260. The molecule has 1 fully saturated rings. The predicted octanol–water partition coefficient (Wildman–Crippen LogP) is 6.10. The van der Waals surface area contributed by atoms with Gasteiger partial charge in [-0.25, -0.2) is 4.39 Å². The summed E-state index contributed by atoms with van der Waals surface area (Å²) in [5, 5.41) is 2.05. The van der Waals surface area contributed by atoms with Crippen LogP contribution in [0.3, 0.4) is 0 Å². The fraction of sp³-hybridized carbons (Fsp3) is 0.0800. The number of anilines is 1. The van der Waals surface area contributed by atoms with Crippen molar-refractivity contribution in [1.82, 2.24) is 4.90 Å². The molecule has 3 amide bonds. The summed E-state index contributed by atoms with van der Waals surface area (Å²) in [5.74, 6) is -1.55. The molecule has 0 saturated carbocycles. The number of benzene rings is 3. The van der Waals surface area contributed by atoms with Crippen molar-refractivity contribution < 1.29 is 31.4 Å². The summed E-state index contributed by atoms with van der Waals surface area (Å²) in [4.78, 5) is 37.3. The number of imide groups is 1. The molecule has 3 aromatic rings. The Bertz CT molecular complexity index is 1590. The normalized spacial score (nSPS) is 14.7. The third-order valence-electron chi connectivity index (χ3n) is 5.13.